The smallest absolute Gasteiger partial charge is 0.189 e. The molecule has 0 saturated carbocycles. The lowest BCUT2D eigenvalue weighted by Crippen LogP contribution is -1.88. The maximum Gasteiger partial charge on any atom is 0.189 e. The van der Waals surface area contributed by atoms with Gasteiger partial charge in [-0.05, 0) is 24.4 Å². The Morgan fingerprint density at radius 2 is 1.89 bits per heavy atom. The van der Waals surface area contributed by atoms with E-state index in [-0.39, 0.29) is 0 Å². The van der Waals surface area contributed by atoms with Crippen molar-refractivity contribution in [2.75, 3.05) is 5.32 Å². The van der Waals surface area contributed by atoms with Crippen molar-refractivity contribution in [3.63, 3.8) is 0 Å². The van der Waals surface area contributed by atoms with Crippen LogP contribution in [0.15, 0.2) is 30.3 Å². The van der Waals surface area contributed by atoms with E-state index in [9.17, 15) is 0 Å². The quantitative estimate of drug-likeness (QED) is 0.621. The van der Waals surface area contributed by atoms with E-state index in [1.807, 2.05) is 30.3 Å². The number of aromatic nitrogens is 3. The predicted octanol–water partition coefficient (Wildman–Crippen LogP) is 4.16. The van der Waals surface area contributed by atoms with Crippen LogP contribution >= 0.6 is 35.8 Å². The fourth-order valence-electron chi connectivity index (χ4n) is 1.55. The van der Waals surface area contributed by atoms with Gasteiger partial charge in [0.1, 0.15) is 15.0 Å². The fourth-order valence-corrected chi connectivity index (χ4v) is 3.10. The molecule has 18 heavy (non-hydrogen) atoms. The Hall–Kier alpha value is -1.57. The normalized spacial score (nSPS) is 10.7. The number of thiazole rings is 1. The molecule has 0 saturated heterocycles. The van der Waals surface area contributed by atoms with Crippen molar-refractivity contribution in [3.8, 4) is 0 Å². The first-order valence-electron chi connectivity index (χ1n) is 5.17. The van der Waals surface area contributed by atoms with Gasteiger partial charge in [0, 0.05) is 5.69 Å². The molecule has 0 unspecified atom stereocenters. The second kappa shape index (κ2) is 4.60. The van der Waals surface area contributed by atoms with E-state index in [1.165, 1.54) is 11.3 Å². The topological polar surface area (TPSA) is 56.5 Å². The largest absolute Gasteiger partial charge is 0.331 e. The third kappa shape index (κ3) is 2.20. The van der Waals surface area contributed by atoms with Crippen LogP contribution in [-0.4, -0.2) is 15.0 Å². The second-order valence-corrected chi connectivity index (χ2v) is 5.41. The van der Waals surface area contributed by atoms with E-state index in [4.69, 9.17) is 24.4 Å². The molecule has 0 spiro atoms. The first kappa shape index (κ1) is 11.5. The van der Waals surface area contributed by atoms with Gasteiger partial charge in [-0.3, -0.25) is 0 Å². The minimum atomic E-state index is 0.516. The number of anilines is 2. The molecule has 4 nitrogen and oxygen atoms in total. The van der Waals surface area contributed by atoms with Crippen LogP contribution in [0.25, 0.3) is 10.3 Å². The molecule has 3 aromatic rings. The third-order valence-electron chi connectivity index (χ3n) is 2.32. The zero-order valence-electron chi connectivity index (χ0n) is 9.06. The Labute approximate surface area is 117 Å². The highest BCUT2D eigenvalue weighted by molar-refractivity contribution is 7.72. The molecule has 2 heterocycles. The predicted molar refractivity (Wildman–Crippen MR) is 79.7 cm³/mol. The molecule has 2 aromatic heterocycles. The molecule has 3 N–H and O–H groups in total. The van der Waals surface area contributed by atoms with Crippen molar-refractivity contribution in [2.24, 2.45) is 0 Å². The summed E-state index contributed by atoms with van der Waals surface area (Å²) >= 11 is 11.7. The summed E-state index contributed by atoms with van der Waals surface area (Å²) in [6.07, 6.45) is 0. The summed E-state index contributed by atoms with van der Waals surface area (Å²) in [5.41, 5.74) is 1.73. The highest BCUT2D eigenvalue weighted by Crippen LogP contribution is 2.26. The molecule has 0 aliphatic rings. The number of aromatic amines is 2. The van der Waals surface area contributed by atoms with Gasteiger partial charge in [-0.25, -0.2) is 4.98 Å². The first-order chi connectivity index (χ1) is 8.72. The van der Waals surface area contributed by atoms with Crippen LogP contribution in [0.5, 0.6) is 0 Å². The number of hydrogen-bond donors (Lipinski definition) is 3. The molecule has 0 amide bonds. The minimum Gasteiger partial charge on any atom is -0.331 e. The highest BCUT2D eigenvalue weighted by Gasteiger charge is 2.05. The monoisotopic (exact) mass is 292 g/mol. The average Bonchev–Trinajstić information content (AvgIpc) is 2.73. The molecular formula is C11H8N4S3. The summed E-state index contributed by atoms with van der Waals surface area (Å²) in [5.74, 6) is 0. The maximum absolute atomic E-state index is 5.19. The number of nitrogens with zero attached hydrogens (tertiary/aromatic N) is 1. The van der Waals surface area contributed by atoms with Crippen molar-refractivity contribution < 1.29 is 0 Å². The molecule has 0 bridgehead atoms. The summed E-state index contributed by atoms with van der Waals surface area (Å²) < 4.78 is 1.08. The molecule has 90 valence electrons. The van der Waals surface area contributed by atoms with E-state index in [0.717, 1.165) is 21.2 Å². The number of para-hydroxylation sites is 1. The van der Waals surface area contributed by atoms with Gasteiger partial charge < -0.3 is 15.3 Å². The van der Waals surface area contributed by atoms with Crippen LogP contribution in [-0.2, 0) is 0 Å². The molecule has 0 aliphatic carbocycles. The first-order valence-corrected chi connectivity index (χ1v) is 6.81. The summed E-state index contributed by atoms with van der Waals surface area (Å²) in [5, 5.41) is 4.02. The van der Waals surface area contributed by atoms with Crippen LogP contribution in [0.2, 0.25) is 0 Å². The summed E-state index contributed by atoms with van der Waals surface area (Å²) in [7, 11) is 0. The van der Waals surface area contributed by atoms with Gasteiger partial charge >= 0.3 is 0 Å². The van der Waals surface area contributed by atoms with Crippen LogP contribution in [0.4, 0.5) is 10.8 Å². The van der Waals surface area contributed by atoms with E-state index in [0.29, 0.717) is 9.41 Å². The second-order valence-electron chi connectivity index (χ2n) is 3.60. The highest BCUT2D eigenvalue weighted by atomic mass is 32.1. The summed E-state index contributed by atoms with van der Waals surface area (Å²) in [6.45, 7) is 0. The van der Waals surface area contributed by atoms with Crippen molar-refractivity contribution in [1.82, 2.24) is 15.0 Å². The number of nitrogens with one attached hydrogen (secondary N) is 3. The van der Waals surface area contributed by atoms with Gasteiger partial charge in [0.05, 0.1) is 0 Å². The van der Waals surface area contributed by atoms with Crippen molar-refractivity contribution >= 4 is 56.9 Å². The van der Waals surface area contributed by atoms with Gasteiger partial charge in [-0.15, -0.1) is 0 Å². The van der Waals surface area contributed by atoms with Crippen LogP contribution in [0, 0.1) is 9.41 Å². The van der Waals surface area contributed by atoms with Crippen LogP contribution < -0.4 is 5.32 Å². The Morgan fingerprint density at radius 3 is 2.67 bits per heavy atom. The molecule has 0 fully saturated rings. The number of benzene rings is 1. The maximum atomic E-state index is 5.19. The number of rotatable bonds is 2. The minimum absolute atomic E-state index is 0.516. The Balaban J connectivity index is 2.07. The fraction of sp³-hybridized carbons (Fsp3) is 0. The van der Waals surface area contributed by atoms with Crippen LogP contribution in [0.3, 0.4) is 0 Å². The lowest BCUT2D eigenvalue weighted by molar-refractivity contribution is 1.17. The van der Waals surface area contributed by atoms with E-state index >= 15 is 0 Å². The standard InChI is InChI=1S/C11H8N4S3/c16-8-7-9(15-10(17)14-8)18-11(13-7)12-6-4-2-1-3-5-6/h1-5H,(H,12,13)(H2,14,15,16,17). The zero-order chi connectivity index (χ0) is 12.5. The number of fused-ring (bicyclic) bond motifs is 1. The van der Waals surface area contributed by atoms with Crippen molar-refractivity contribution in [1.29, 1.82) is 0 Å². The Kier molecular flexibility index (Phi) is 2.94. The molecule has 3 rings (SSSR count). The Bertz CT molecular complexity index is 800. The van der Waals surface area contributed by atoms with Gasteiger partial charge in [-0.1, -0.05) is 41.8 Å². The van der Waals surface area contributed by atoms with E-state index < -0.39 is 0 Å². The molecular weight excluding hydrogens is 284 g/mol. The summed E-state index contributed by atoms with van der Waals surface area (Å²) in [6, 6.07) is 9.87. The molecule has 1 aromatic carbocycles. The van der Waals surface area contributed by atoms with Crippen LogP contribution in [0.1, 0.15) is 0 Å². The third-order valence-corrected chi connectivity index (χ3v) is 3.71. The lowest BCUT2D eigenvalue weighted by atomic mass is 10.3. The Morgan fingerprint density at radius 1 is 1.11 bits per heavy atom. The summed E-state index contributed by atoms with van der Waals surface area (Å²) in [4.78, 5) is 11.2. The zero-order valence-corrected chi connectivity index (χ0v) is 11.5. The number of hydrogen-bond acceptors (Lipinski definition) is 5. The van der Waals surface area contributed by atoms with Crippen molar-refractivity contribution in [3.05, 3.63) is 39.7 Å². The van der Waals surface area contributed by atoms with Gasteiger partial charge in [-0.2, -0.15) is 0 Å². The molecule has 0 radical (unpaired) electrons. The van der Waals surface area contributed by atoms with Gasteiger partial charge in [0.2, 0.25) is 0 Å². The SMILES string of the molecule is S=c1[nH]c(=S)c2nc(Nc3ccccc3)sc2[nH]1. The van der Waals surface area contributed by atoms with E-state index in [2.05, 4.69) is 20.3 Å². The van der Waals surface area contributed by atoms with Gasteiger partial charge in [0.15, 0.2) is 9.90 Å². The number of H-pyrrole nitrogens is 2. The molecule has 0 atom stereocenters. The average molecular weight is 292 g/mol. The lowest BCUT2D eigenvalue weighted by Gasteiger charge is -1.99. The van der Waals surface area contributed by atoms with Crippen molar-refractivity contribution in [2.45, 2.75) is 0 Å². The molecule has 0 aliphatic heterocycles. The van der Waals surface area contributed by atoms with E-state index in [1.54, 1.807) is 0 Å². The van der Waals surface area contributed by atoms with Gasteiger partial charge in [0.25, 0.3) is 0 Å². The molecule has 7 heteroatoms.